The maximum Gasteiger partial charge on any atom is 0.349 e. The fourth-order valence-corrected chi connectivity index (χ4v) is 4.54. The minimum atomic E-state index is -0.333. The molecule has 0 heterocycles. The Balaban J connectivity index is 1.71. The van der Waals surface area contributed by atoms with Gasteiger partial charge in [-0.1, -0.05) is 87.9 Å². The van der Waals surface area contributed by atoms with Gasteiger partial charge in [-0.25, -0.2) is 4.79 Å². The molecule has 29 heavy (non-hydrogen) atoms. The molecule has 154 valence electrons. The number of carbonyl (C=O) groups is 1. The van der Waals surface area contributed by atoms with Gasteiger partial charge in [0.2, 0.25) is 0 Å². The van der Waals surface area contributed by atoms with Crippen LogP contribution in [0.1, 0.15) is 64.1 Å². The van der Waals surface area contributed by atoms with Crippen LogP contribution in [0.3, 0.4) is 0 Å². The summed E-state index contributed by atoms with van der Waals surface area (Å²) >= 11 is 0. The average molecular weight is 392 g/mol. The summed E-state index contributed by atoms with van der Waals surface area (Å²) in [5, 5.41) is 0. The molecular weight excluding hydrogens is 358 g/mol. The van der Waals surface area contributed by atoms with E-state index < -0.39 is 0 Å². The van der Waals surface area contributed by atoms with Gasteiger partial charge in [0, 0.05) is 5.92 Å². The van der Waals surface area contributed by atoms with Crippen LogP contribution in [0.5, 0.6) is 0 Å². The third-order valence-electron chi connectivity index (χ3n) is 6.45. The molecule has 1 saturated carbocycles. The smallest absolute Gasteiger partial charge is 0.349 e. The summed E-state index contributed by atoms with van der Waals surface area (Å²) in [5.74, 6) is 0.529. The predicted octanol–water partition coefficient (Wildman–Crippen LogP) is 6.14. The standard InChI is InChI=1S/C26H33NO2/c1-19-15-16-23(26(3,4)22-13-9-6-10-14-22)24(17-19)29-25(28)18-27-20(2)21-11-7-5-8-12-21/h5-14,18-20,23-24H,15-17H2,1-4H3/t19-,20-,23-,24+/m1/s1. The summed E-state index contributed by atoms with van der Waals surface area (Å²) < 4.78 is 5.98. The Morgan fingerprint density at radius 2 is 1.69 bits per heavy atom. The Hall–Kier alpha value is -2.42. The minimum Gasteiger partial charge on any atom is -0.458 e. The Morgan fingerprint density at radius 3 is 2.34 bits per heavy atom. The zero-order valence-electron chi connectivity index (χ0n) is 18.0. The van der Waals surface area contributed by atoms with Gasteiger partial charge in [-0.3, -0.25) is 4.99 Å². The van der Waals surface area contributed by atoms with E-state index in [4.69, 9.17) is 4.74 Å². The second-order valence-electron chi connectivity index (χ2n) is 8.95. The number of esters is 1. The average Bonchev–Trinajstić information content (AvgIpc) is 2.73. The van der Waals surface area contributed by atoms with E-state index in [-0.39, 0.29) is 23.5 Å². The van der Waals surface area contributed by atoms with Crippen LogP contribution in [-0.4, -0.2) is 18.3 Å². The lowest BCUT2D eigenvalue weighted by atomic mass is 9.64. The molecule has 4 atom stereocenters. The number of hydrogen-bond donors (Lipinski definition) is 0. The lowest BCUT2D eigenvalue weighted by molar-refractivity contribution is -0.147. The van der Waals surface area contributed by atoms with Gasteiger partial charge in [-0.2, -0.15) is 0 Å². The van der Waals surface area contributed by atoms with Gasteiger partial charge < -0.3 is 4.74 Å². The molecule has 3 heteroatoms. The van der Waals surface area contributed by atoms with E-state index in [1.165, 1.54) is 18.2 Å². The maximum absolute atomic E-state index is 12.6. The molecule has 0 radical (unpaired) electrons. The summed E-state index contributed by atoms with van der Waals surface area (Å²) in [6, 6.07) is 20.5. The van der Waals surface area contributed by atoms with Crippen LogP contribution in [-0.2, 0) is 14.9 Å². The first kappa shape index (κ1) is 21.3. The molecule has 1 aliphatic carbocycles. The number of benzene rings is 2. The first-order chi connectivity index (χ1) is 13.9. The number of carbonyl (C=O) groups excluding carboxylic acids is 1. The number of aliphatic imine (C=N–C) groups is 1. The van der Waals surface area contributed by atoms with E-state index in [9.17, 15) is 4.79 Å². The first-order valence-corrected chi connectivity index (χ1v) is 10.7. The summed E-state index contributed by atoms with van der Waals surface area (Å²) in [5.41, 5.74) is 2.33. The van der Waals surface area contributed by atoms with Crippen LogP contribution in [0.4, 0.5) is 0 Å². The van der Waals surface area contributed by atoms with Crippen LogP contribution in [0.15, 0.2) is 65.7 Å². The number of nitrogens with zero attached hydrogens (tertiary/aromatic N) is 1. The molecule has 3 nitrogen and oxygen atoms in total. The topological polar surface area (TPSA) is 38.7 Å². The van der Waals surface area contributed by atoms with Crippen molar-refractivity contribution in [2.75, 3.05) is 0 Å². The second-order valence-corrected chi connectivity index (χ2v) is 8.95. The second kappa shape index (κ2) is 9.39. The molecule has 0 unspecified atom stereocenters. The highest BCUT2D eigenvalue weighted by Crippen LogP contribution is 2.43. The molecule has 0 saturated heterocycles. The van der Waals surface area contributed by atoms with Crippen molar-refractivity contribution in [3.8, 4) is 0 Å². The zero-order valence-corrected chi connectivity index (χ0v) is 18.0. The van der Waals surface area contributed by atoms with Gasteiger partial charge in [-0.15, -0.1) is 0 Å². The third kappa shape index (κ3) is 5.35. The highest BCUT2D eigenvalue weighted by Gasteiger charge is 2.41. The number of rotatable bonds is 6. The Labute approximate surface area is 175 Å². The fourth-order valence-electron chi connectivity index (χ4n) is 4.54. The SMILES string of the molecule is C[C@@H]1CC[C@@H](C(C)(C)c2ccccc2)[C@@H](OC(=O)C=N[C@H](C)c2ccccc2)C1. The van der Waals surface area contributed by atoms with Gasteiger partial charge in [0.1, 0.15) is 12.3 Å². The van der Waals surface area contributed by atoms with E-state index in [2.05, 4.69) is 50.0 Å². The van der Waals surface area contributed by atoms with Crippen molar-refractivity contribution in [1.82, 2.24) is 0 Å². The summed E-state index contributed by atoms with van der Waals surface area (Å²) in [6.07, 6.45) is 4.44. The van der Waals surface area contributed by atoms with Crippen LogP contribution >= 0.6 is 0 Å². The Bertz CT molecular complexity index is 813. The van der Waals surface area contributed by atoms with Gasteiger partial charge in [0.25, 0.3) is 0 Å². The fraction of sp³-hybridized carbons (Fsp3) is 0.462. The van der Waals surface area contributed by atoms with Crippen molar-refractivity contribution in [3.63, 3.8) is 0 Å². The van der Waals surface area contributed by atoms with Crippen LogP contribution in [0.2, 0.25) is 0 Å². The zero-order chi connectivity index (χ0) is 20.9. The quantitative estimate of drug-likeness (QED) is 0.438. The molecular formula is C26H33NO2. The molecule has 0 bridgehead atoms. The molecule has 0 N–H and O–H groups in total. The molecule has 2 aromatic rings. The van der Waals surface area contributed by atoms with Gasteiger partial charge in [0.15, 0.2) is 0 Å². The Morgan fingerprint density at radius 1 is 1.07 bits per heavy atom. The summed E-state index contributed by atoms with van der Waals surface area (Å²) in [7, 11) is 0. The largest absolute Gasteiger partial charge is 0.458 e. The van der Waals surface area contributed by atoms with Gasteiger partial charge in [0.05, 0.1) is 6.04 Å². The molecule has 1 fully saturated rings. The van der Waals surface area contributed by atoms with Crippen molar-refractivity contribution in [2.24, 2.45) is 16.8 Å². The van der Waals surface area contributed by atoms with E-state index >= 15 is 0 Å². The van der Waals surface area contributed by atoms with Crippen molar-refractivity contribution in [1.29, 1.82) is 0 Å². The van der Waals surface area contributed by atoms with Crippen LogP contribution < -0.4 is 0 Å². The molecule has 0 aromatic heterocycles. The molecule has 3 rings (SSSR count). The van der Waals surface area contributed by atoms with E-state index in [0.717, 1.165) is 18.4 Å². The van der Waals surface area contributed by atoms with E-state index in [0.29, 0.717) is 11.8 Å². The van der Waals surface area contributed by atoms with Crippen molar-refractivity contribution in [2.45, 2.75) is 64.5 Å². The predicted molar refractivity (Wildman–Crippen MR) is 119 cm³/mol. The summed E-state index contributed by atoms with van der Waals surface area (Å²) in [4.78, 5) is 17.0. The van der Waals surface area contributed by atoms with Gasteiger partial charge in [-0.05, 0) is 42.2 Å². The summed E-state index contributed by atoms with van der Waals surface area (Å²) in [6.45, 7) is 8.78. The minimum absolute atomic E-state index is 0.0547. The first-order valence-electron chi connectivity index (χ1n) is 10.7. The monoisotopic (exact) mass is 391 g/mol. The van der Waals surface area contributed by atoms with E-state index in [1.54, 1.807) is 0 Å². The Kier molecular flexibility index (Phi) is 6.89. The molecule has 0 amide bonds. The van der Waals surface area contributed by atoms with Crippen molar-refractivity contribution in [3.05, 3.63) is 71.8 Å². The molecule has 0 spiro atoms. The maximum atomic E-state index is 12.6. The van der Waals surface area contributed by atoms with Gasteiger partial charge >= 0.3 is 5.97 Å². The number of hydrogen-bond acceptors (Lipinski definition) is 3. The lowest BCUT2D eigenvalue weighted by Crippen LogP contribution is -2.43. The lowest BCUT2D eigenvalue weighted by Gasteiger charge is -2.43. The molecule has 1 aliphatic rings. The van der Waals surface area contributed by atoms with Crippen LogP contribution in [0, 0.1) is 11.8 Å². The van der Waals surface area contributed by atoms with E-state index in [1.807, 2.05) is 43.3 Å². The van der Waals surface area contributed by atoms with Crippen molar-refractivity contribution >= 4 is 12.2 Å². The highest BCUT2D eigenvalue weighted by atomic mass is 16.5. The highest BCUT2D eigenvalue weighted by molar-refractivity contribution is 6.23. The van der Waals surface area contributed by atoms with Crippen LogP contribution in [0.25, 0.3) is 0 Å². The van der Waals surface area contributed by atoms with Crippen molar-refractivity contribution < 1.29 is 9.53 Å². The normalized spacial score (nSPS) is 23.7. The molecule has 2 aromatic carbocycles. The third-order valence-corrected chi connectivity index (χ3v) is 6.45. The molecule has 0 aliphatic heterocycles. The number of ether oxygens (including phenoxy) is 1.